The minimum atomic E-state index is -0.375. The highest BCUT2D eigenvalue weighted by molar-refractivity contribution is 5.93. The van der Waals surface area contributed by atoms with Crippen molar-refractivity contribution in [1.82, 2.24) is 19.9 Å². The molecule has 0 saturated carbocycles. The van der Waals surface area contributed by atoms with Gasteiger partial charge in [-0.15, -0.1) is 5.10 Å². The number of carbonyl (C=O) groups is 1. The van der Waals surface area contributed by atoms with Crippen LogP contribution in [0.2, 0.25) is 0 Å². The molecule has 0 N–H and O–H groups in total. The van der Waals surface area contributed by atoms with Crippen LogP contribution in [0.25, 0.3) is 5.69 Å². The highest BCUT2D eigenvalue weighted by Gasteiger charge is 2.35. The lowest BCUT2D eigenvalue weighted by molar-refractivity contribution is -0.119. The SMILES string of the molecule is COc1ccccc1-n1nnc(C(=O)N2CC(C)OC(C)(C)C2)c1C. The van der Waals surface area contributed by atoms with E-state index in [1.807, 2.05) is 52.0 Å². The Kier molecular flexibility index (Phi) is 4.51. The first kappa shape index (κ1) is 17.4. The van der Waals surface area contributed by atoms with Crippen LogP contribution in [0.15, 0.2) is 24.3 Å². The molecule has 3 rings (SSSR count). The van der Waals surface area contributed by atoms with E-state index in [1.165, 1.54) is 0 Å². The molecule has 1 fully saturated rings. The van der Waals surface area contributed by atoms with Crippen molar-refractivity contribution in [2.24, 2.45) is 0 Å². The number of hydrogen-bond acceptors (Lipinski definition) is 5. The van der Waals surface area contributed by atoms with Gasteiger partial charge >= 0.3 is 0 Å². The Labute approximate surface area is 147 Å². The minimum absolute atomic E-state index is 0.0164. The second-order valence-electron chi connectivity index (χ2n) is 6.98. The van der Waals surface area contributed by atoms with Crippen molar-refractivity contribution < 1.29 is 14.3 Å². The molecule has 0 radical (unpaired) electrons. The van der Waals surface area contributed by atoms with Crippen LogP contribution in [-0.2, 0) is 4.74 Å². The molecule has 1 unspecified atom stereocenters. The van der Waals surface area contributed by atoms with E-state index in [2.05, 4.69) is 10.3 Å². The van der Waals surface area contributed by atoms with Gasteiger partial charge in [-0.2, -0.15) is 0 Å². The summed E-state index contributed by atoms with van der Waals surface area (Å²) in [7, 11) is 1.61. The van der Waals surface area contributed by atoms with Crippen LogP contribution in [0, 0.1) is 6.92 Å². The molecule has 1 aromatic heterocycles. The Bertz CT molecular complexity index is 784. The molecule has 1 aromatic carbocycles. The maximum atomic E-state index is 13.0. The number of ether oxygens (including phenoxy) is 2. The molecule has 1 saturated heterocycles. The number of rotatable bonds is 3. The molecule has 7 heteroatoms. The predicted molar refractivity (Wildman–Crippen MR) is 93.2 cm³/mol. The average Bonchev–Trinajstić information content (AvgIpc) is 2.93. The number of methoxy groups -OCH3 is 1. The maximum Gasteiger partial charge on any atom is 0.276 e. The molecule has 1 atom stereocenters. The number of hydrogen-bond donors (Lipinski definition) is 0. The van der Waals surface area contributed by atoms with E-state index in [0.29, 0.717) is 30.2 Å². The fourth-order valence-corrected chi connectivity index (χ4v) is 3.32. The average molecular weight is 344 g/mol. The summed E-state index contributed by atoms with van der Waals surface area (Å²) in [5, 5.41) is 8.31. The molecular weight excluding hydrogens is 320 g/mol. The topological polar surface area (TPSA) is 69.5 Å². The molecular formula is C18H24N4O3. The van der Waals surface area contributed by atoms with E-state index in [1.54, 1.807) is 16.7 Å². The van der Waals surface area contributed by atoms with Crippen LogP contribution in [0.3, 0.4) is 0 Å². The van der Waals surface area contributed by atoms with Crippen LogP contribution < -0.4 is 4.74 Å². The summed E-state index contributed by atoms with van der Waals surface area (Å²) in [4.78, 5) is 14.8. The van der Waals surface area contributed by atoms with Crippen molar-refractivity contribution in [2.75, 3.05) is 20.2 Å². The van der Waals surface area contributed by atoms with Crippen molar-refractivity contribution in [2.45, 2.75) is 39.4 Å². The number of carbonyl (C=O) groups excluding carboxylic acids is 1. The number of morpholine rings is 1. The van der Waals surface area contributed by atoms with E-state index in [0.717, 1.165) is 5.69 Å². The van der Waals surface area contributed by atoms with Crippen molar-refractivity contribution >= 4 is 5.91 Å². The van der Waals surface area contributed by atoms with Gasteiger partial charge in [-0.05, 0) is 39.8 Å². The van der Waals surface area contributed by atoms with Gasteiger partial charge < -0.3 is 14.4 Å². The lowest BCUT2D eigenvalue weighted by Crippen LogP contribution is -2.54. The minimum Gasteiger partial charge on any atom is -0.494 e. The van der Waals surface area contributed by atoms with Crippen molar-refractivity contribution in [3.8, 4) is 11.4 Å². The van der Waals surface area contributed by atoms with Gasteiger partial charge in [-0.1, -0.05) is 17.3 Å². The number of amides is 1. The van der Waals surface area contributed by atoms with Gasteiger partial charge in [0.15, 0.2) is 5.69 Å². The van der Waals surface area contributed by atoms with Crippen molar-refractivity contribution in [1.29, 1.82) is 0 Å². The smallest absolute Gasteiger partial charge is 0.276 e. The van der Waals surface area contributed by atoms with Crippen LogP contribution in [0.1, 0.15) is 37.0 Å². The molecule has 7 nitrogen and oxygen atoms in total. The van der Waals surface area contributed by atoms with Gasteiger partial charge in [0.25, 0.3) is 5.91 Å². The first-order chi connectivity index (χ1) is 11.8. The number of benzene rings is 1. The molecule has 25 heavy (non-hydrogen) atoms. The molecule has 134 valence electrons. The summed E-state index contributed by atoms with van der Waals surface area (Å²) in [5.74, 6) is 0.553. The van der Waals surface area contributed by atoms with Crippen LogP contribution >= 0.6 is 0 Å². The molecule has 1 amide bonds. The maximum absolute atomic E-state index is 13.0. The van der Waals surface area contributed by atoms with Gasteiger partial charge in [0.1, 0.15) is 11.4 Å². The molecule has 1 aliphatic heterocycles. The number of nitrogens with zero attached hydrogens (tertiary/aromatic N) is 4. The fraction of sp³-hybridized carbons (Fsp3) is 0.500. The Morgan fingerprint density at radius 3 is 2.76 bits per heavy atom. The zero-order valence-corrected chi connectivity index (χ0v) is 15.3. The second kappa shape index (κ2) is 6.48. The van der Waals surface area contributed by atoms with Gasteiger partial charge in [0, 0.05) is 13.1 Å². The molecule has 2 aromatic rings. The first-order valence-corrected chi connectivity index (χ1v) is 8.35. The second-order valence-corrected chi connectivity index (χ2v) is 6.98. The summed E-state index contributed by atoms with van der Waals surface area (Å²) < 4.78 is 12.9. The fourth-order valence-electron chi connectivity index (χ4n) is 3.32. The van der Waals surface area contributed by atoms with E-state index in [-0.39, 0.29) is 17.6 Å². The third-order valence-electron chi connectivity index (χ3n) is 4.27. The monoisotopic (exact) mass is 344 g/mol. The lowest BCUT2D eigenvalue weighted by atomic mass is 10.1. The number of para-hydroxylation sites is 2. The van der Waals surface area contributed by atoms with Crippen LogP contribution in [0.4, 0.5) is 0 Å². The van der Waals surface area contributed by atoms with Crippen molar-refractivity contribution in [3.63, 3.8) is 0 Å². The van der Waals surface area contributed by atoms with Crippen molar-refractivity contribution in [3.05, 3.63) is 35.7 Å². The Morgan fingerprint density at radius 1 is 1.36 bits per heavy atom. The normalized spacial score (nSPS) is 19.7. The third-order valence-corrected chi connectivity index (χ3v) is 4.27. The summed E-state index contributed by atoms with van der Waals surface area (Å²) in [5.41, 5.74) is 1.42. The number of aromatic nitrogens is 3. The summed E-state index contributed by atoms with van der Waals surface area (Å²) in [6.07, 6.45) is -0.0164. The Balaban J connectivity index is 1.92. The predicted octanol–water partition coefficient (Wildman–Crippen LogP) is 2.22. The van der Waals surface area contributed by atoms with E-state index >= 15 is 0 Å². The van der Waals surface area contributed by atoms with E-state index in [4.69, 9.17) is 9.47 Å². The molecule has 1 aliphatic rings. The molecule has 0 spiro atoms. The van der Waals surface area contributed by atoms with E-state index in [9.17, 15) is 4.79 Å². The zero-order chi connectivity index (χ0) is 18.2. The largest absolute Gasteiger partial charge is 0.494 e. The highest BCUT2D eigenvalue weighted by Crippen LogP contribution is 2.25. The zero-order valence-electron chi connectivity index (χ0n) is 15.3. The lowest BCUT2D eigenvalue weighted by Gasteiger charge is -2.41. The third kappa shape index (κ3) is 3.37. The van der Waals surface area contributed by atoms with Gasteiger partial charge in [0.2, 0.25) is 0 Å². The summed E-state index contributed by atoms with van der Waals surface area (Å²) in [6, 6.07) is 7.52. The molecule has 0 aliphatic carbocycles. The summed E-state index contributed by atoms with van der Waals surface area (Å²) in [6.45, 7) is 8.86. The Hall–Kier alpha value is -2.41. The highest BCUT2D eigenvalue weighted by atomic mass is 16.5. The Morgan fingerprint density at radius 2 is 2.08 bits per heavy atom. The van der Waals surface area contributed by atoms with E-state index < -0.39 is 0 Å². The van der Waals surface area contributed by atoms with Gasteiger partial charge in [-0.3, -0.25) is 4.79 Å². The van der Waals surface area contributed by atoms with Gasteiger partial charge in [0.05, 0.1) is 24.5 Å². The first-order valence-electron chi connectivity index (χ1n) is 8.35. The molecule has 0 bridgehead atoms. The van der Waals surface area contributed by atoms with Gasteiger partial charge in [-0.25, -0.2) is 4.68 Å². The standard InChI is InChI=1S/C18H24N4O3/c1-12-10-21(11-18(3,4)25-12)17(23)16-13(2)22(20-19-16)14-8-6-7-9-15(14)24-5/h6-9,12H,10-11H2,1-5H3. The quantitative estimate of drug-likeness (QED) is 0.854. The van der Waals surface area contributed by atoms with Crippen LogP contribution in [0.5, 0.6) is 5.75 Å². The summed E-state index contributed by atoms with van der Waals surface area (Å²) >= 11 is 0. The van der Waals surface area contributed by atoms with Crippen LogP contribution in [-0.4, -0.2) is 57.7 Å². The molecule has 2 heterocycles.